The van der Waals surface area contributed by atoms with E-state index < -0.39 is 0 Å². The van der Waals surface area contributed by atoms with Gasteiger partial charge in [0.05, 0.1) is 22.7 Å². The first-order valence-corrected chi connectivity index (χ1v) is 12.6. The van der Waals surface area contributed by atoms with Gasteiger partial charge in [0, 0.05) is 13.1 Å². The van der Waals surface area contributed by atoms with Crippen LogP contribution in [0.3, 0.4) is 0 Å². The van der Waals surface area contributed by atoms with Crippen molar-refractivity contribution in [2.24, 2.45) is 0 Å². The lowest BCUT2D eigenvalue weighted by atomic mass is 10.0. The number of rotatable bonds is 14. The van der Waals surface area contributed by atoms with Crippen molar-refractivity contribution in [3.63, 3.8) is 0 Å². The molecule has 2 heteroatoms. The van der Waals surface area contributed by atoms with Gasteiger partial charge in [-0.05, 0) is 37.1 Å². The van der Waals surface area contributed by atoms with Gasteiger partial charge in [-0.15, -0.1) is 0 Å². The Morgan fingerprint density at radius 3 is 1.07 bits per heavy atom. The highest BCUT2D eigenvalue weighted by molar-refractivity contribution is 5.93. The SMILES string of the molecule is CCCCCCCCN1c2ccccc2N(CCCCCCCC)c2ccccc21. The molecule has 0 unspecified atom stereocenters. The fraction of sp³-hybridized carbons (Fsp3) is 0.571. The van der Waals surface area contributed by atoms with Crippen LogP contribution in [-0.4, -0.2) is 13.1 Å². The van der Waals surface area contributed by atoms with Gasteiger partial charge in [0.2, 0.25) is 0 Å². The number of hydrogen-bond acceptors (Lipinski definition) is 2. The molecule has 0 aromatic heterocycles. The molecule has 0 amide bonds. The van der Waals surface area contributed by atoms with Gasteiger partial charge in [-0.1, -0.05) is 102 Å². The molecule has 0 radical (unpaired) electrons. The summed E-state index contributed by atoms with van der Waals surface area (Å²) >= 11 is 0. The Kier molecular flexibility index (Phi) is 9.60. The summed E-state index contributed by atoms with van der Waals surface area (Å²) in [5.41, 5.74) is 5.54. The number of anilines is 4. The molecular formula is C28H42N2. The zero-order valence-electron chi connectivity index (χ0n) is 19.4. The van der Waals surface area contributed by atoms with E-state index in [1.54, 1.807) is 0 Å². The fourth-order valence-electron chi connectivity index (χ4n) is 4.68. The van der Waals surface area contributed by atoms with Gasteiger partial charge >= 0.3 is 0 Å². The molecule has 0 bridgehead atoms. The Morgan fingerprint density at radius 2 is 0.733 bits per heavy atom. The maximum Gasteiger partial charge on any atom is 0.0652 e. The zero-order chi connectivity index (χ0) is 21.0. The van der Waals surface area contributed by atoms with E-state index in [1.165, 1.54) is 99.8 Å². The quantitative estimate of drug-likeness (QED) is 0.289. The normalized spacial score (nSPS) is 12.7. The van der Waals surface area contributed by atoms with E-state index in [2.05, 4.69) is 72.2 Å². The van der Waals surface area contributed by atoms with Crippen molar-refractivity contribution in [2.75, 3.05) is 22.9 Å². The van der Waals surface area contributed by atoms with Crippen LogP contribution in [0.15, 0.2) is 48.5 Å². The van der Waals surface area contributed by atoms with Gasteiger partial charge < -0.3 is 9.80 Å². The maximum absolute atomic E-state index is 2.57. The Hall–Kier alpha value is -1.96. The molecule has 2 aromatic carbocycles. The maximum atomic E-state index is 2.57. The lowest BCUT2D eigenvalue weighted by Gasteiger charge is -2.40. The lowest BCUT2D eigenvalue weighted by molar-refractivity contribution is 0.605. The van der Waals surface area contributed by atoms with E-state index in [1.807, 2.05) is 0 Å². The summed E-state index contributed by atoms with van der Waals surface area (Å²) in [4.78, 5) is 5.14. The van der Waals surface area contributed by atoms with Gasteiger partial charge in [-0.25, -0.2) is 0 Å². The Balaban J connectivity index is 1.68. The first-order chi connectivity index (χ1) is 14.9. The first-order valence-electron chi connectivity index (χ1n) is 12.6. The third-order valence-electron chi connectivity index (χ3n) is 6.40. The molecule has 2 nitrogen and oxygen atoms in total. The molecule has 3 rings (SSSR count). The van der Waals surface area contributed by atoms with E-state index in [4.69, 9.17) is 0 Å². The Bertz CT molecular complexity index is 629. The molecule has 0 saturated heterocycles. The number of unbranched alkanes of at least 4 members (excludes halogenated alkanes) is 10. The summed E-state index contributed by atoms with van der Waals surface area (Å²) in [5, 5.41) is 0. The summed E-state index contributed by atoms with van der Waals surface area (Å²) in [6.45, 7) is 6.81. The number of benzene rings is 2. The molecule has 30 heavy (non-hydrogen) atoms. The zero-order valence-corrected chi connectivity index (χ0v) is 19.4. The fourth-order valence-corrected chi connectivity index (χ4v) is 4.68. The van der Waals surface area contributed by atoms with Gasteiger partial charge in [0.25, 0.3) is 0 Å². The average Bonchev–Trinajstić information content (AvgIpc) is 2.79. The summed E-state index contributed by atoms with van der Waals surface area (Å²) < 4.78 is 0. The minimum absolute atomic E-state index is 1.12. The van der Waals surface area contributed by atoms with E-state index in [0.717, 1.165) is 13.1 Å². The van der Waals surface area contributed by atoms with Crippen LogP contribution < -0.4 is 9.80 Å². The largest absolute Gasteiger partial charge is 0.338 e. The third kappa shape index (κ3) is 6.03. The molecular weight excluding hydrogens is 364 g/mol. The average molecular weight is 407 g/mol. The number of para-hydroxylation sites is 4. The van der Waals surface area contributed by atoms with Crippen LogP contribution in [0.1, 0.15) is 90.9 Å². The van der Waals surface area contributed by atoms with E-state index in [0.29, 0.717) is 0 Å². The summed E-state index contributed by atoms with van der Waals surface area (Å²) in [6.07, 6.45) is 16.1. The first kappa shape index (κ1) is 22.7. The minimum atomic E-state index is 1.12. The van der Waals surface area contributed by atoms with Gasteiger partial charge in [-0.3, -0.25) is 0 Å². The van der Waals surface area contributed by atoms with Crippen molar-refractivity contribution in [1.82, 2.24) is 0 Å². The topological polar surface area (TPSA) is 6.48 Å². The molecule has 0 N–H and O–H groups in total. The molecule has 1 aliphatic heterocycles. The van der Waals surface area contributed by atoms with Crippen molar-refractivity contribution in [1.29, 1.82) is 0 Å². The predicted molar refractivity (Wildman–Crippen MR) is 134 cm³/mol. The molecule has 0 aliphatic carbocycles. The summed E-state index contributed by atoms with van der Waals surface area (Å²) in [5.74, 6) is 0. The highest BCUT2D eigenvalue weighted by Crippen LogP contribution is 2.47. The summed E-state index contributed by atoms with van der Waals surface area (Å²) in [6, 6.07) is 18.1. The highest BCUT2D eigenvalue weighted by atomic mass is 15.3. The van der Waals surface area contributed by atoms with Gasteiger partial charge in [0.1, 0.15) is 0 Å². The van der Waals surface area contributed by atoms with Crippen LogP contribution in [0.25, 0.3) is 0 Å². The van der Waals surface area contributed by atoms with E-state index in [9.17, 15) is 0 Å². The van der Waals surface area contributed by atoms with Crippen LogP contribution in [-0.2, 0) is 0 Å². The molecule has 2 aromatic rings. The van der Waals surface area contributed by atoms with Crippen LogP contribution in [0.5, 0.6) is 0 Å². The molecule has 0 fully saturated rings. The van der Waals surface area contributed by atoms with Crippen molar-refractivity contribution in [3.8, 4) is 0 Å². The van der Waals surface area contributed by atoms with Crippen LogP contribution >= 0.6 is 0 Å². The number of fused-ring (bicyclic) bond motifs is 2. The second kappa shape index (κ2) is 12.7. The van der Waals surface area contributed by atoms with Crippen molar-refractivity contribution in [2.45, 2.75) is 90.9 Å². The molecule has 0 atom stereocenters. The van der Waals surface area contributed by atoms with E-state index >= 15 is 0 Å². The Morgan fingerprint density at radius 1 is 0.433 bits per heavy atom. The monoisotopic (exact) mass is 406 g/mol. The lowest BCUT2D eigenvalue weighted by Crippen LogP contribution is -2.30. The van der Waals surface area contributed by atoms with Crippen molar-refractivity contribution < 1.29 is 0 Å². The second-order valence-electron chi connectivity index (χ2n) is 8.82. The van der Waals surface area contributed by atoms with Crippen LogP contribution in [0.4, 0.5) is 22.7 Å². The van der Waals surface area contributed by atoms with Crippen LogP contribution in [0, 0.1) is 0 Å². The smallest absolute Gasteiger partial charge is 0.0652 e. The van der Waals surface area contributed by atoms with E-state index in [-0.39, 0.29) is 0 Å². The Labute approximate surface area is 185 Å². The molecule has 1 aliphatic rings. The molecule has 164 valence electrons. The molecule has 0 saturated carbocycles. The number of nitrogens with zero attached hydrogens (tertiary/aromatic N) is 2. The predicted octanol–water partition coefficient (Wildman–Crippen LogP) is 9.00. The summed E-state index contributed by atoms with van der Waals surface area (Å²) in [7, 11) is 0. The van der Waals surface area contributed by atoms with Gasteiger partial charge in [-0.2, -0.15) is 0 Å². The third-order valence-corrected chi connectivity index (χ3v) is 6.40. The minimum Gasteiger partial charge on any atom is -0.338 e. The highest BCUT2D eigenvalue weighted by Gasteiger charge is 2.27. The van der Waals surface area contributed by atoms with Gasteiger partial charge in [0.15, 0.2) is 0 Å². The standard InChI is InChI=1S/C28H42N2/c1-3-5-7-9-11-17-23-29-25-19-13-15-21-27(25)30(24-18-12-10-8-6-4-2)28-22-16-14-20-26(28)29/h13-16,19-22H,3-12,17-18,23-24H2,1-2H3. The van der Waals surface area contributed by atoms with Crippen LogP contribution in [0.2, 0.25) is 0 Å². The van der Waals surface area contributed by atoms with Crippen molar-refractivity contribution >= 4 is 22.7 Å². The molecule has 0 spiro atoms. The molecule has 1 heterocycles. The van der Waals surface area contributed by atoms with Crippen molar-refractivity contribution in [3.05, 3.63) is 48.5 Å². The second-order valence-corrected chi connectivity index (χ2v) is 8.82. The number of hydrogen-bond donors (Lipinski definition) is 0.